The minimum absolute atomic E-state index is 0. The number of nitrogens with zero attached hydrogens (tertiary/aromatic N) is 5. The van der Waals surface area contributed by atoms with Gasteiger partial charge in [-0.05, 0) is 248 Å². The third kappa shape index (κ3) is 25.5. The quantitative estimate of drug-likeness (QED) is 0.0371. The molecule has 9 aromatic rings. The number of aryl methyl sites for hydroxylation is 2. The van der Waals surface area contributed by atoms with Crippen LogP contribution >= 0.6 is 74.4 Å². The number of benzene rings is 9. The molecule has 43 heteroatoms. The number of rotatable bonds is 19. The molecule has 14 rings (SSSR count). The fourth-order valence-electron chi connectivity index (χ4n) is 12.3. The molecule has 0 spiro atoms. The lowest BCUT2D eigenvalue weighted by molar-refractivity contribution is -0.119. The number of nitrogens with one attached hydrogen (secondary N) is 3. The van der Waals surface area contributed by atoms with E-state index in [1.54, 1.807) is 24.3 Å². The Bertz CT molecular complexity index is 6400. The van der Waals surface area contributed by atoms with Gasteiger partial charge in [-0.3, -0.25) is 9.59 Å². The molecule has 5 aliphatic rings. The van der Waals surface area contributed by atoms with Crippen LogP contribution in [0.15, 0.2) is 206 Å². The van der Waals surface area contributed by atoms with Gasteiger partial charge in [0.1, 0.15) is 32.4 Å². The average Bonchev–Trinajstić information content (AvgIpc) is 1.64. The number of sulfonamides is 4. The number of hydrogen-bond donors (Lipinski definition) is 5. The average molecular weight is 2160 g/mol. The highest BCUT2D eigenvalue weighted by Gasteiger charge is 2.54. The Kier molecular flexibility index (Phi) is 35.9. The lowest BCUT2D eigenvalue weighted by Gasteiger charge is -2.32. The molecule has 0 bridgehead atoms. The lowest BCUT2D eigenvalue weighted by atomic mass is 9.76. The van der Waals surface area contributed by atoms with Crippen LogP contribution in [0.5, 0.6) is 23.0 Å². The predicted octanol–water partition coefficient (Wildman–Crippen LogP) is 15.5. The molecule has 3 aliphatic heterocycles. The Labute approximate surface area is 789 Å². The predicted molar refractivity (Wildman–Crippen MR) is 501 cm³/mol. The van der Waals surface area contributed by atoms with Crippen LogP contribution < -0.4 is 40.4 Å². The first-order chi connectivity index (χ1) is 59.5. The van der Waals surface area contributed by atoms with Gasteiger partial charge in [0, 0.05) is 96.3 Å². The summed E-state index contributed by atoms with van der Waals surface area (Å²) in [5.41, 5.74) is 4.75. The van der Waals surface area contributed by atoms with Crippen LogP contribution in [-0.4, -0.2) is 196 Å². The third-order valence-corrected chi connectivity index (χ3v) is 31.4. The highest BCUT2D eigenvalue weighted by atomic mass is 79.9. The molecule has 0 radical (unpaired) electrons. The molecule has 3 heterocycles. The van der Waals surface area contributed by atoms with Crippen molar-refractivity contribution in [2.45, 2.75) is 121 Å². The van der Waals surface area contributed by atoms with Gasteiger partial charge >= 0.3 is 19.1 Å². The fourth-order valence-corrected chi connectivity index (χ4v) is 18.7. The van der Waals surface area contributed by atoms with Crippen molar-refractivity contribution >= 4 is 171 Å². The molecular weight excluding hydrogens is 2060 g/mol. The number of hydrogen-bond acceptors (Lipinski definition) is 22. The first-order valence-electron chi connectivity index (χ1n) is 38.2. The molecule has 9 aromatic carbocycles. The van der Waals surface area contributed by atoms with Gasteiger partial charge in [-0.15, -0.1) is 0 Å². The number of carbonyl (C=O) groups excluding carboxylic acids is 2. The van der Waals surface area contributed by atoms with Crippen LogP contribution in [0.1, 0.15) is 109 Å². The van der Waals surface area contributed by atoms with E-state index in [2.05, 4.69) is 79.7 Å². The third-order valence-electron chi connectivity index (χ3n) is 20.6. The van der Waals surface area contributed by atoms with Crippen LogP contribution in [0, 0.1) is 36.8 Å². The molecule has 694 valence electrons. The Morgan fingerprint density at radius 3 is 1.20 bits per heavy atom. The summed E-state index contributed by atoms with van der Waals surface area (Å²) in [7, 11) is 0.296. The van der Waals surface area contributed by atoms with Crippen molar-refractivity contribution in [1.29, 1.82) is 5.26 Å². The summed E-state index contributed by atoms with van der Waals surface area (Å²) in [6.07, 6.45) is 3.05. The number of carbonyl (C=O) groups is 4. The van der Waals surface area contributed by atoms with Crippen molar-refractivity contribution in [2.75, 3.05) is 94.7 Å². The molecule has 2 aliphatic carbocycles. The van der Waals surface area contributed by atoms with Crippen LogP contribution in [0.25, 0.3) is 11.1 Å². The van der Waals surface area contributed by atoms with E-state index < -0.39 is 107 Å². The molecular formula is C86H96BBr4ClF2N8O22S5. The largest absolute Gasteiger partial charge is 0.495 e. The van der Waals surface area contributed by atoms with Gasteiger partial charge in [0.15, 0.2) is 23.0 Å². The number of amides is 2. The van der Waals surface area contributed by atoms with Crippen LogP contribution in [0.2, 0.25) is 0 Å². The number of ether oxygens (including phenoxy) is 4. The summed E-state index contributed by atoms with van der Waals surface area (Å²) in [6, 6.07) is 44.6. The van der Waals surface area contributed by atoms with Crippen molar-refractivity contribution in [3.8, 4) is 40.2 Å². The highest BCUT2D eigenvalue weighted by Crippen LogP contribution is 2.53. The van der Waals surface area contributed by atoms with Crippen molar-refractivity contribution in [1.82, 2.24) is 22.5 Å². The highest BCUT2D eigenvalue weighted by molar-refractivity contribution is 9.11. The number of carboxylic acids is 2. The van der Waals surface area contributed by atoms with Gasteiger partial charge in [-0.1, -0.05) is 107 Å². The second-order valence-corrected chi connectivity index (χ2v) is 45.5. The zero-order valence-corrected chi connectivity index (χ0v) is 83.1. The summed E-state index contributed by atoms with van der Waals surface area (Å²) in [5.74, 6) is -1.66. The summed E-state index contributed by atoms with van der Waals surface area (Å²) >= 11 is 12.3. The standard InChI is InChI=1S/C27H26N2O7S.C24H28BNO5.C9H9BrN2O2S.C9H10BrNO4S.C8H9BrFNO2S.C6H3BrClFO2S.C2H7N.CH4/c1-16-4-7-19(28-26(32)27(10-11-27)18-6-8-22-23(13-18)36-15-35-22)14-20(16)17-5-9-24(21(12-17)25(30)31)37(33,34)29(2)3;1-15-6-8-17(13-18(15)25-30-22(2,3)23(4,5)31-25)26-21(27)24(10-11-24)16-7-9-19-20(12-16)29-14-28-19;1-12(2)15(13,14)9-4-3-8(10)5-7(9)6-11;1-11(2)16(14,15)8-4-3-6(10)5-7(8)9(12)13;1-11(2)14(12,13)8-4-3-6(9)5-7(8)10;7-4-1-2-6(5(9)3-4)12(8,10)11;1-3-2;/h4-9,12-14H,10-11,15H2,1-3H3,(H,28,32)(H,30,31);6-9,12-13H,10-11,14H2,1-5H3,(H,26,27);3-5H,1-2H3;3-5H,1-2H3,(H,12,13);3-5H,1-2H3;1-3H;3H,1-2H3;1H4. The van der Waals surface area contributed by atoms with E-state index in [1.807, 2.05) is 122 Å². The minimum atomic E-state index is -3.97. The Morgan fingerprint density at radius 1 is 0.457 bits per heavy atom. The Morgan fingerprint density at radius 2 is 0.806 bits per heavy atom. The number of anilines is 2. The maximum Gasteiger partial charge on any atom is 0.495 e. The second kappa shape index (κ2) is 43.2. The van der Waals surface area contributed by atoms with E-state index in [1.165, 1.54) is 117 Å². The molecule has 1 saturated heterocycles. The van der Waals surface area contributed by atoms with E-state index in [4.69, 9.17) is 49.3 Å². The van der Waals surface area contributed by atoms with Crippen LogP contribution in [0.4, 0.5) is 20.2 Å². The number of fused-ring (bicyclic) bond motifs is 2. The molecule has 0 unspecified atom stereocenters. The van der Waals surface area contributed by atoms with Gasteiger partial charge in [0.25, 0.3) is 9.05 Å². The maximum atomic E-state index is 13.4. The van der Waals surface area contributed by atoms with E-state index in [9.17, 15) is 75.2 Å². The summed E-state index contributed by atoms with van der Waals surface area (Å²) in [5, 5.41) is 36.4. The molecule has 30 nitrogen and oxygen atoms in total. The normalized spacial score (nSPS) is 15.0. The molecule has 2 saturated carbocycles. The van der Waals surface area contributed by atoms with Gasteiger partial charge in [-0.2, -0.15) is 5.26 Å². The number of carboxylic acid groups (broad SMARTS) is 2. The number of nitriles is 1. The molecule has 2 amide bonds. The van der Waals surface area contributed by atoms with Crippen LogP contribution in [0.3, 0.4) is 0 Å². The smallest absolute Gasteiger partial charge is 0.478 e. The van der Waals surface area contributed by atoms with Gasteiger partial charge in [0.2, 0.25) is 65.5 Å². The van der Waals surface area contributed by atoms with Crippen molar-refractivity contribution in [3.63, 3.8) is 0 Å². The SMILES string of the molecule is C.CN(C)S(=O)(=O)c1ccc(Br)cc1C#N.CN(C)S(=O)(=O)c1ccc(Br)cc1C(=O)O.CN(C)S(=O)(=O)c1ccc(Br)cc1F.CNC.Cc1ccc(NC(=O)C2(c3ccc4c(c3)OCO4)CC2)cc1-c1ccc(S(=O)(=O)N(C)C)c(C(=O)O)c1.Cc1ccc(NC(=O)C2(c3ccc4c(c3)OCO4)CC2)cc1B1OC(C)(C)C(C)(C)O1.O=S(=O)(Cl)c1ccc(Br)cc1F. The van der Waals surface area contributed by atoms with Crippen molar-refractivity contribution in [2.24, 2.45) is 0 Å². The molecule has 129 heavy (non-hydrogen) atoms. The minimum Gasteiger partial charge on any atom is -0.478 e. The van der Waals surface area contributed by atoms with E-state index in [-0.39, 0.29) is 69.1 Å². The van der Waals surface area contributed by atoms with E-state index >= 15 is 0 Å². The molecule has 5 N–H and O–H groups in total. The summed E-state index contributed by atoms with van der Waals surface area (Å²) in [6.45, 7) is 12.4. The topological polar surface area (TPSA) is 408 Å². The number of aromatic carboxylic acids is 2. The van der Waals surface area contributed by atoms with Gasteiger partial charge in [-0.25, -0.2) is 77.7 Å². The van der Waals surface area contributed by atoms with E-state index in [0.29, 0.717) is 64.8 Å². The summed E-state index contributed by atoms with van der Waals surface area (Å²) < 4.78 is 183. The zero-order chi connectivity index (χ0) is 95.7. The Hall–Kier alpha value is -8.85. The first-order valence-corrected chi connectivity index (χ1v) is 49.5. The fraction of sp³-hybridized carbons (Fsp3) is 0.314. The maximum absolute atomic E-state index is 13.4. The first kappa shape index (κ1) is 107. The zero-order valence-electron chi connectivity index (χ0n) is 71.9. The lowest BCUT2D eigenvalue weighted by Crippen LogP contribution is -2.41. The molecule has 3 fully saturated rings. The Balaban J connectivity index is 0.000000222. The van der Waals surface area contributed by atoms with Crippen molar-refractivity contribution < 1.29 is 109 Å². The van der Waals surface area contributed by atoms with Gasteiger partial charge in [0.05, 0.1) is 48.5 Å². The monoisotopic (exact) mass is 2150 g/mol. The molecule has 0 atom stereocenters. The van der Waals surface area contributed by atoms with Crippen LogP contribution in [-0.2, 0) is 78.9 Å². The summed E-state index contributed by atoms with van der Waals surface area (Å²) in [4.78, 5) is 48.2. The second-order valence-electron chi connectivity index (χ2n) is 30.8. The number of halogens is 7. The van der Waals surface area contributed by atoms with Gasteiger partial charge < -0.3 is 54.4 Å². The molecule has 0 aromatic heterocycles. The van der Waals surface area contributed by atoms with E-state index in [0.717, 1.165) is 87.4 Å². The van der Waals surface area contributed by atoms with Crippen molar-refractivity contribution in [3.05, 3.63) is 232 Å².